The van der Waals surface area contributed by atoms with Gasteiger partial charge in [0.15, 0.2) is 5.82 Å². The first-order valence-corrected chi connectivity index (χ1v) is 32.6. The van der Waals surface area contributed by atoms with Crippen LogP contribution in [-0.4, -0.2) is 23.3 Å². The van der Waals surface area contributed by atoms with E-state index in [9.17, 15) is 0 Å². The fourth-order valence-electron chi connectivity index (χ4n) is 15.5. The Bertz CT molecular complexity index is 6260. The van der Waals surface area contributed by atoms with Gasteiger partial charge in [0.2, 0.25) is 0 Å². The van der Waals surface area contributed by atoms with Crippen molar-refractivity contribution in [2.24, 2.45) is 0 Å². The highest BCUT2D eigenvalue weighted by Crippen LogP contribution is 2.48. The molecule has 0 saturated carbocycles. The van der Waals surface area contributed by atoms with Crippen molar-refractivity contribution in [3.05, 3.63) is 290 Å². The molecule has 0 N–H and O–H groups in total. The average Bonchev–Trinajstić information content (AvgIpc) is 1.78. The summed E-state index contributed by atoms with van der Waals surface area (Å²) in [5.41, 5.74) is 21.8. The summed E-state index contributed by atoms with van der Waals surface area (Å²) in [7, 11) is 0. The normalized spacial score (nSPS) is 12.8. The molecule has 90 heavy (non-hydrogen) atoms. The molecule has 0 amide bonds. The zero-order chi connectivity index (χ0) is 58.7. The summed E-state index contributed by atoms with van der Waals surface area (Å²) in [6, 6.07) is 99.3. The Labute approximate surface area is 524 Å². The fourth-order valence-corrected chi connectivity index (χ4v) is 17.9. The number of nitrogens with zero attached hydrogens (tertiary/aromatic N) is 5. The van der Waals surface area contributed by atoms with Gasteiger partial charge in [-0.15, -0.1) is 22.7 Å². The summed E-state index contributed by atoms with van der Waals surface area (Å²) < 4.78 is 14.9. The van der Waals surface area contributed by atoms with Crippen LogP contribution in [0.15, 0.2) is 279 Å². The molecule has 0 radical (unpaired) electrons. The summed E-state index contributed by atoms with van der Waals surface area (Å²) in [5.74, 6) is 0.969. The molecule has 0 fully saturated rings. The van der Waals surface area contributed by atoms with Crippen molar-refractivity contribution in [3.8, 4) is 56.3 Å². The maximum atomic E-state index is 5.13. The summed E-state index contributed by atoms with van der Waals surface area (Å²) in [5, 5.41) is 13.8. The maximum absolute atomic E-state index is 5.13. The highest BCUT2D eigenvalue weighted by molar-refractivity contribution is 7.26. The third kappa shape index (κ3) is 7.15. The molecule has 0 atom stereocenters. The Hall–Kier alpha value is -11.1. The van der Waals surface area contributed by atoms with Crippen LogP contribution in [-0.2, 0) is 6.42 Å². The number of thiophene rings is 2. The molecule has 1 aliphatic carbocycles. The van der Waals surface area contributed by atoms with Gasteiger partial charge in [0.25, 0.3) is 0 Å². The lowest BCUT2D eigenvalue weighted by atomic mass is 9.92. The molecular formula is C83H51N5S2. The Balaban J connectivity index is 0.710. The number of benzene rings is 12. The van der Waals surface area contributed by atoms with Gasteiger partial charge in [0, 0.05) is 102 Å². The van der Waals surface area contributed by atoms with E-state index >= 15 is 0 Å². The van der Waals surface area contributed by atoms with Crippen molar-refractivity contribution in [3.63, 3.8) is 0 Å². The van der Waals surface area contributed by atoms with Crippen LogP contribution >= 0.6 is 22.7 Å². The summed E-state index contributed by atoms with van der Waals surface area (Å²) >= 11 is 3.71. The first-order valence-electron chi connectivity index (χ1n) is 31.0. The molecular weight excluding hydrogens is 1130 g/mol. The average molecular weight is 1180 g/mol. The molecule has 5 nitrogen and oxygen atoms in total. The third-order valence-electron chi connectivity index (χ3n) is 19.3. The van der Waals surface area contributed by atoms with Crippen LogP contribution in [0, 0.1) is 0 Å². The smallest absolute Gasteiger partial charge is 0.155 e. The predicted octanol–water partition coefficient (Wildman–Crippen LogP) is 23.0. The van der Waals surface area contributed by atoms with E-state index in [1.54, 1.807) is 0 Å². The van der Waals surface area contributed by atoms with Crippen molar-refractivity contribution >= 4 is 145 Å². The molecule has 0 aliphatic heterocycles. The van der Waals surface area contributed by atoms with Crippen LogP contribution in [0.4, 0.5) is 0 Å². The minimum absolute atomic E-state index is 0.967. The highest BCUT2D eigenvalue weighted by Gasteiger charge is 2.26. The van der Waals surface area contributed by atoms with Crippen LogP contribution in [0.3, 0.4) is 0 Å². The summed E-state index contributed by atoms with van der Waals surface area (Å²) in [6.45, 7) is 0. The van der Waals surface area contributed by atoms with E-state index in [4.69, 9.17) is 4.98 Å². The lowest BCUT2D eigenvalue weighted by Gasteiger charge is -2.13. The van der Waals surface area contributed by atoms with E-state index in [0.29, 0.717) is 0 Å². The van der Waals surface area contributed by atoms with E-state index in [-0.39, 0.29) is 0 Å². The van der Waals surface area contributed by atoms with Crippen LogP contribution in [0.5, 0.6) is 0 Å². The molecule has 7 heteroatoms. The van der Waals surface area contributed by atoms with E-state index < -0.39 is 0 Å². The molecule has 0 unspecified atom stereocenters. The third-order valence-corrected chi connectivity index (χ3v) is 21.7. The van der Waals surface area contributed by atoms with Crippen LogP contribution in [0.1, 0.15) is 17.7 Å². The number of para-hydroxylation sites is 4. The van der Waals surface area contributed by atoms with E-state index in [1.807, 2.05) is 28.9 Å². The summed E-state index contributed by atoms with van der Waals surface area (Å²) in [6.07, 6.45) is 8.69. The minimum atomic E-state index is 0.967. The predicted molar refractivity (Wildman–Crippen MR) is 384 cm³/mol. The standard InChI is InChI=1S/C83H51N5S2/c1-8-33-70-57(22-1)58-23-2-9-34-71(58)88(70)83-82-64(44-45-84-83)68-49-55(41-43-78(68)90-82)87-73-36-11-5-27-66(73)80-62(30-17-38-76(80)87)61-29-16-37-75-79(61)65-26-4-10-35-72(65)86(75)54-40-42-74-67(48-54)59-24-3-7-32-69(59)85(74)53-21-14-19-51(47-53)50-18-13-20-52(46-50)56-28-15-31-63-60-25-6-12-39-77(60)89-81(56)63/h1-3,5-25,27-49H,4,26H2. The topological polar surface area (TPSA) is 32.6 Å². The molecule has 12 aromatic carbocycles. The summed E-state index contributed by atoms with van der Waals surface area (Å²) in [4.78, 5) is 5.13. The second kappa shape index (κ2) is 19.2. The zero-order valence-electron chi connectivity index (χ0n) is 48.6. The van der Waals surface area contributed by atoms with Crippen molar-refractivity contribution in [2.45, 2.75) is 12.8 Å². The largest absolute Gasteiger partial charge is 0.310 e. The first-order chi connectivity index (χ1) is 44.7. The lowest BCUT2D eigenvalue weighted by Crippen LogP contribution is -2.00. The van der Waals surface area contributed by atoms with Gasteiger partial charge in [0.1, 0.15) is 0 Å². The number of fused-ring (bicyclic) bond motifs is 18. The minimum Gasteiger partial charge on any atom is -0.310 e. The zero-order valence-corrected chi connectivity index (χ0v) is 50.2. The quantitative estimate of drug-likeness (QED) is 0.157. The van der Waals surface area contributed by atoms with Gasteiger partial charge in [0.05, 0.1) is 43.3 Å². The number of rotatable bonds is 7. The number of aromatic nitrogens is 5. The second-order valence-corrected chi connectivity index (χ2v) is 26.1. The Morgan fingerprint density at radius 2 is 0.822 bits per heavy atom. The number of allylic oxidation sites excluding steroid dienone is 1. The van der Waals surface area contributed by atoms with Crippen LogP contribution < -0.4 is 0 Å². The Kier molecular flexibility index (Phi) is 10.7. The highest BCUT2D eigenvalue weighted by atomic mass is 32.1. The van der Waals surface area contributed by atoms with Gasteiger partial charge in [-0.1, -0.05) is 170 Å². The molecule has 0 bridgehead atoms. The SMILES string of the molecule is C1=Cc2c(c3c(-c4cccc5c4c4ccccc4n5-c4ccc5sc6c(-n7c8ccccc8c8ccccc87)nccc6c5c4)cccc3n2-c2ccc3c(c2)c2ccccc2n3-c2cccc(-c3cccc(-c4cccc5c4sc4ccccc45)c3)c2)CC1. The first kappa shape index (κ1) is 50.0. The van der Waals surface area contributed by atoms with Crippen LogP contribution in [0.2, 0.25) is 0 Å². The van der Waals surface area contributed by atoms with Crippen LogP contribution in [0.25, 0.3) is 179 Å². The Morgan fingerprint density at radius 1 is 0.311 bits per heavy atom. The number of aryl methyl sites for hydroxylation is 1. The van der Waals surface area contributed by atoms with Crippen molar-refractivity contribution < 1.29 is 0 Å². The van der Waals surface area contributed by atoms with E-state index in [0.717, 1.165) is 46.8 Å². The molecule has 420 valence electrons. The molecule has 19 aromatic rings. The monoisotopic (exact) mass is 1180 g/mol. The molecule has 20 rings (SSSR count). The van der Waals surface area contributed by atoms with Crippen molar-refractivity contribution in [1.82, 2.24) is 23.3 Å². The number of pyridine rings is 1. The van der Waals surface area contributed by atoms with E-state index in [1.165, 1.54) is 150 Å². The molecule has 7 heterocycles. The fraction of sp³-hybridized carbons (Fsp3) is 0.0241. The molecule has 1 aliphatic rings. The maximum Gasteiger partial charge on any atom is 0.155 e. The molecule has 0 spiro atoms. The van der Waals surface area contributed by atoms with E-state index in [2.05, 4.69) is 297 Å². The number of hydrogen-bond donors (Lipinski definition) is 0. The molecule has 0 saturated heterocycles. The van der Waals surface area contributed by atoms with Gasteiger partial charge in [-0.05, 0) is 161 Å². The van der Waals surface area contributed by atoms with Gasteiger partial charge in [-0.25, -0.2) is 4.98 Å². The van der Waals surface area contributed by atoms with Gasteiger partial charge in [-0.3, -0.25) is 4.57 Å². The second-order valence-electron chi connectivity index (χ2n) is 24.0. The molecule has 7 aromatic heterocycles. The van der Waals surface area contributed by atoms with Crippen molar-refractivity contribution in [2.75, 3.05) is 0 Å². The van der Waals surface area contributed by atoms with Gasteiger partial charge < -0.3 is 13.7 Å². The lowest BCUT2D eigenvalue weighted by molar-refractivity contribution is 0.968. The van der Waals surface area contributed by atoms with Gasteiger partial charge in [-0.2, -0.15) is 0 Å². The number of hydrogen-bond acceptors (Lipinski definition) is 3. The van der Waals surface area contributed by atoms with Crippen molar-refractivity contribution in [1.29, 1.82) is 0 Å². The Morgan fingerprint density at radius 3 is 1.62 bits per heavy atom. The van der Waals surface area contributed by atoms with Gasteiger partial charge >= 0.3 is 0 Å².